The first-order chi connectivity index (χ1) is 5.45. The van der Waals surface area contributed by atoms with Gasteiger partial charge in [0, 0.05) is 6.92 Å². The molecule has 0 bridgehead atoms. The van der Waals surface area contributed by atoms with E-state index >= 15 is 0 Å². The Morgan fingerprint density at radius 1 is 1.25 bits per heavy atom. The molecule has 0 aromatic heterocycles. The number of amides is 2. The maximum atomic E-state index is 10.5. The monoisotopic (exact) mass is 171 g/mol. The Morgan fingerprint density at radius 3 is 2.08 bits per heavy atom. The lowest BCUT2D eigenvalue weighted by atomic mass is 10.3. The van der Waals surface area contributed by atoms with Crippen LogP contribution in [-0.4, -0.2) is 23.3 Å². The van der Waals surface area contributed by atoms with Gasteiger partial charge in [0.2, 0.25) is 0 Å². The summed E-state index contributed by atoms with van der Waals surface area (Å²) in [6, 6.07) is 0. The zero-order valence-electron chi connectivity index (χ0n) is 6.75. The number of carbonyl (C=O) groups is 3. The number of hydrogen-bond acceptors (Lipinski definition) is 4. The second-order valence-electron chi connectivity index (χ2n) is 2.06. The van der Waals surface area contributed by atoms with Crippen LogP contribution < -0.4 is 11.2 Å². The fourth-order valence-corrected chi connectivity index (χ4v) is 0.268. The van der Waals surface area contributed by atoms with Gasteiger partial charge in [-0.05, 0) is 6.92 Å². The lowest BCUT2D eigenvalue weighted by Crippen LogP contribution is -2.33. The summed E-state index contributed by atoms with van der Waals surface area (Å²) in [6.45, 7) is 2.69. The van der Waals surface area contributed by atoms with E-state index in [4.69, 9.17) is 0 Å². The van der Waals surface area contributed by atoms with Crippen LogP contribution >= 0.6 is 0 Å². The van der Waals surface area contributed by atoms with Crippen molar-refractivity contribution < 1.29 is 14.4 Å². The van der Waals surface area contributed by atoms with Crippen molar-refractivity contribution in [1.82, 2.24) is 5.43 Å². The third-order valence-electron chi connectivity index (χ3n) is 1.06. The summed E-state index contributed by atoms with van der Waals surface area (Å²) in [7, 11) is 0. The lowest BCUT2D eigenvalue weighted by Gasteiger charge is -1.95. The van der Waals surface area contributed by atoms with Crippen LogP contribution in [0, 0.1) is 0 Å². The number of ketones is 1. The van der Waals surface area contributed by atoms with Gasteiger partial charge in [0.05, 0.1) is 0 Å². The van der Waals surface area contributed by atoms with Crippen LogP contribution in [0.3, 0.4) is 0 Å². The third-order valence-corrected chi connectivity index (χ3v) is 1.06. The van der Waals surface area contributed by atoms with Gasteiger partial charge >= 0.3 is 11.8 Å². The fraction of sp³-hybridized carbons (Fsp3) is 0.333. The molecule has 0 heterocycles. The predicted octanol–water partition coefficient (Wildman–Crippen LogP) is -1.45. The van der Waals surface area contributed by atoms with Crippen molar-refractivity contribution in [3.05, 3.63) is 0 Å². The Balaban J connectivity index is 4.14. The molecule has 0 atom stereocenters. The van der Waals surface area contributed by atoms with Crippen molar-refractivity contribution in [3.8, 4) is 0 Å². The maximum absolute atomic E-state index is 10.5. The Bertz CT molecular complexity index is 257. The predicted molar refractivity (Wildman–Crippen MR) is 41.1 cm³/mol. The second kappa shape index (κ2) is 4.22. The van der Waals surface area contributed by atoms with Crippen LogP contribution in [0.2, 0.25) is 0 Å². The van der Waals surface area contributed by atoms with Gasteiger partial charge in [-0.15, -0.1) is 0 Å². The van der Waals surface area contributed by atoms with E-state index in [1.54, 1.807) is 0 Å². The first-order valence-electron chi connectivity index (χ1n) is 3.10. The van der Waals surface area contributed by atoms with Gasteiger partial charge in [-0.3, -0.25) is 14.4 Å². The number of hydrazone groups is 1. The van der Waals surface area contributed by atoms with Crippen molar-refractivity contribution in [3.63, 3.8) is 0 Å². The molecule has 6 nitrogen and oxygen atoms in total. The van der Waals surface area contributed by atoms with Crippen LogP contribution in [0.4, 0.5) is 0 Å². The average molecular weight is 171 g/mol. The van der Waals surface area contributed by atoms with E-state index in [1.165, 1.54) is 13.8 Å². The summed E-state index contributed by atoms with van der Waals surface area (Å²) in [5.74, 6) is -2.48. The van der Waals surface area contributed by atoms with Gasteiger partial charge in [0.1, 0.15) is 5.71 Å². The van der Waals surface area contributed by atoms with Crippen molar-refractivity contribution in [2.75, 3.05) is 0 Å². The highest BCUT2D eigenvalue weighted by molar-refractivity contribution is 6.39. The summed E-state index contributed by atoms with van der Waals surface area (Å²) in [4.78, 5) is 31.1. The van der Waals surface area contributed by atoms with Gasteiger partial charge in [-0.1, -0.05) is 0 Å². The van der Waals surface area contributed by atoms with E-state index in [0.717, 1.165) is 0 Å². The number of hydrogen-bond donors (Lipinski definition) is 2. The van der Waals surface area contributed by atoms with Gasteiger partial charge < -0.3 is 5.73 Å². The molecule has 2 amide bonds. The minimum absolute atomic E-state index is 0.101. The number of nitrogens with one attached hydrogen (secondary N) is 1. The molecule has 0 aliphatic rings. The molecule has 12 heavy (non-hydrogen) atoms. The van der Waals surface area contributed by atoms with Crippen LogP contribution in [0.5, 0.6) is 0 Å². The van der Waals surface area contributed by atoms with Gasteiger partial charge in [0.15, 0.2) is 5.78 Å². The molecule has 3 N–H and O–H groups in total. The van der Waals surface area contributed by atoms with E-state index in [-0.39, 0.29) is 11.5 Å². The van der Waals surface area contributed by atoms with Crippen molar-refractivity contribution in [2.45, 2.75) is 13.8 Å². The molecule has 0 unspecified atom stereocenters. The average Bonchev–Trinajstić information content (AvgIpc) is 1.98. The number of nitrogens with zero attached hydrogens (tertiary/aromatic N) is 1. The summed E-state index contributed by atoms with van der Waals surface area (Å²) >= 11 is 0. The highest BCUT2D eigenvalue weighted by Crippen LogP contribution is 1.76. The molecular weight excluding hydrogens is 162 g/mol. The Morgan fingerprint density at radius 2 is 1.75 bits per heavy atom. The smallest absolute Gasteiger partial charge is 0.329 e. The summed E-state index contributed by atoms with van der Waals surface area (Å²) < 4.78 is 0. The Labute approximate surface area is 68.8 Å². The zero-order valence-corrected chi connectivity index (χ0v) is 6.75. The molecule has 0 aromatic carbocycles. The van der Waals surface area contributed by atoms with Gasteiger partial charge in [-0.2, -0.15) is 5.10 Å². The number of rotatable bonds is 2. The topological polar surface area (TPSA) is 102 Å². The summed E-state index contributed by atoms with van der Waals surface area (Å²) in [6.07, 6.45) is 0. The van der Waals surface area contributed by atoms with E-state index < -0.39 is 11.8 Å². The third kappa shape index (κ3) is 3.45. The molecule has 66 valence electrons. The van der Waals surface area contributed by atoms with Gasteiger partial charge in [-0.25, -0.2) is 5.43 Å². The molecule has 0 aromatic rings. The van der Waals surface area contributed by atoms with E-state index in [1.807, 2.05) is 5.43 Å². The molecule has 0 aliphatic carbocycles. The first kappa shape index (κ1) is 10.3. The first-order valence-corrected chi connectivity index (χ1v) is 3.10. The largest absolute Gasteiger partial charge is 0.361 e. The molecule has 6 heteroatoms. The maximum Gasteiger partial charge on any atom is 0.329 e. The molecule has 0 aliphatic heterocycles. The van der Waals surface area contributed by atoms with Crippen molar-refractivity contribution in [2.24, 2.45) is 10.8 Å². The van der Waals surface area contributed by atoms with Crippen LogP contribution in [0.15, 0.2) is 5.10 Å². The lowest BCUT2D eigenvalue weighted by molar-refractivity contribution is -0.137. The van der Waals surface area contributed by atoms with Crippen LogP contribution in [-0.2, 0) is 14.4 Å². The minimum atomic E-state index is -1.14. The van der Waals surface area contributed by atoms with Crippen molar-refractivity contribution in [1.29, 1.82) is 0 Å². The molecule has 0 saturated heterocycles. The number of nitrogens with two attached hydrogens (primary N) is 1. The minimum Gasteiger partial charge on any atom is -0.361 e. The van der Waals surface area contributed by atoms with E-state index in [0.29, 0.717) is 0 Å². The molecule has 0 rings (SSSR count). The van der Waals surface area contributed by atoms with Gasteiger partial charge in [0.25, 0.3) is 0 Å². The summed E-state index contributed by atoms with van der Waals surface area (Å²) in [5, 5.41) is 3.31. The van der Waals surface area contributed by atoms with Crippen molar-refractivity contribution >= 4 is 23.3 Å². The molecular formula is C6H9N3O3. The number of primary amides is 1. The molecule has 0 spiro atoms. The highest BCUT2D eigenvalue weighted by atomic mass is 16.2. The Hall–Kier alpha value is -1.72. The fourth-order valence-electron chi connectivity index (χ4n) is 0.268. The standard InChI is InChI=1S/C6H9N3O3/c1-3(4(2)10)8-9-6(12)5(7)11/h1-2H3,(H2,7,11)(H,9,12)/b8-3+. The quantitative estimate of drug-likeness (QED) is 0.302. The normalized spacial score (nSPS) is 10.7. The Kier molecular flexibility index (Phi) is 3.61. The highest BCUT2D eigenvalue weighted by Gasteiger charge is 2.06. The van der Waals surface area contributed by atoms with E-state index in [2.05, 4.69) is 10.8 Å². The number of carbonyl (C=O) groups excluding carboxylic acids is 3. The molecule has 0 saturated carbocycles. The SMILES string of the molecule is CC(=O)/C(C)=N/NC(=O)C(N)=O. The second-order valence-corrected chi connectivity index (χ2v) is 2.06. The molecule has 0 fully saturated rings. The molecule has 0 radical (unpaired) electrons. The summed E-state index contributed by atoms with van der Waals surface area (Å²) in [5.41, 5.74) is 6.51. The van der Waals surface area contributed by atoms with Crippen LogP contribution in [0.1, 0.15) is 13.8 Å². The van der Waals surface area contributed by atoms with E-state index in [9.17, 15) is 14.4 Å². The zero-order chi connectivity index (χ0) is 9.72. The van der Waals surface area contributed by atoms with Crippen LogP contribution in [0.25, 0.3) is 0 Å². The number of Topliss-reactive ketones (excluding diaryl/α,β-unsaturated/α-hetero) is 1.